The van der Waals surface area contributed by atoms with Gasteiger partial charge in [0.15, 0.2) is 4.77 Å². The summed E-state index contributed by atoms with van der Waals surface area (Å²) in [4.78, 5) is 3.10. The summed E-state index contributed by atoms with van der Waals surface area (Å²) in [5.74, 6) is 0. The molecule has 4 heteroatoms. The minimum atomic E-state index is 0.421. The Morgan fingerprint density at radius 2 is 1.76 bits per heavy atom. The maximum absolute atomic E-state index is 8.73. The number of benzene rings is 2. The molecule has 21 heavy (non-hydrogen) atoms. The van der Waals surface area contributed by atoms with E-state index >= 15 is 0 Å². The second kappa shape index (κ2) is 5.78. The Hall–Kier alpha value is -2.64. The first-order valence-corrected chi connectivity index (χ1v) is 7.02. The molecule has 0 radical (unpaired) electrons. The smallest absolute Gasteiger partial charge is 0.182 e. The van der Waals surface area contributed by atoms with Crippen molar-refractivity contribution in [1.82, 2.24) is 9.55 Å². The second-order valence-corrected chi connectivity index (χ2v) is 5.07. The van der Waals surface area contributed by atoms with Crippen molar-refractivity contribution < 1.29 is 0 Å². The van der Waals surface area contributed by atoms with E-state index in [1.54, 1.807) is 0 Å². The molecular formula is C17H13N3S. The summed E-state index contributed by atoms with van der Waals surface area (Å²) in [5.41, 5.74) is 4.12. The predicted octanol–water partition coefficient (Wildman–Crippen LogP) is 4.27. The number of nitriles is 1. The molecule has 3 aromatic rings. The van der Waals surface area contributed by atoms with Gasteiger partial charge in [-0.15, -0.1) is 0 Å². The van der Waals surface area contributed by atoms with Crippen LogP contribution in [0.15, 0.2) is 60.8 Å². The Labute approximate surface area is 128 Å². The van der Waals surface area contributed by atoms with Crippen LogP contribution in [0.4, 0.5) is 0 Å². The molecule has 0 saturated heterocycles. The van der Waals surface area contributed by atoms with Gasteiger partial charge in [0.05, 0.1) is 18.2 Å². The summed E-state index contributed by atoms with van der Waals surface area (Å²) in [7, 11) is 0. The highest BCUT2D eigenvalue weighted by atomic mass is 32.1. The van der Waals surface area contributed by atoms with E-state index in [0.29, 0.717) is 11.2 Å². The van der Waals surface area contributed by atoms with Gasteiger partial charge < -0.3 is 4.98 Å². The van der Waals surface area contributed by atoms with E-state index < -0.39 is 0 Å². The normalized spacial score (nSPS) is 10.2. The van der Waals surface area contributed by atoms with E-state index in [1.807, 2.05) is 53.2 Å². The fraction of sp³-hybridized carbons (Fsp3) is 0.0588. The summed E-state index contributed by atoms with van der Waals surface area (Å²) in [6.45, 7) is 0. The number of nitrogens with one attached hydrogen (secondary N) is 1. The molecule has 0 amide bonds. The quantitative estimate of drug-likeness (QED) is 0.732. The maximum Gasteiger partial charge on any atom is 0.182 e. The zero-order valence-electron chi connectivity index (χ0n) is 11.3. The van der Waals surface area contributed by atoms with Crippen molar-refractivity contribution in [3.05, 3.63) is 71.1 Å². The third-order valence-corrected chi connectivity index (χ3v) is 3.62. The van der Waals surface area contributed by atoms with Crippen LogP contribution in [0.3, 0.4) is 0 Å². The molecular weight excluding hydrogens is 278 g/mol. The van der Waals surface area contributed by atoms with Crippen molar-refractivity contribution in [2.24, 2.45) is 0 Å². The molecule has 1 N–H and O–H groups in total. The maximum atomic E-state index is 8.73. The number of hydrogen-bond acceptors (Lipinski definition) is 2. The molecule has 0 aliphatic carbocycles. The van der Waals surface area contributed by atoms with Crippen molar-refractivity contribution in [2.45, 2.75) is 6.42 Å². The van der Waals surface area contributed by atoms with Crippen LogP contribution in [-0.4, -0.2) is 9.55 Å². The molecule has 102 valence electrons. The number of nitrogens with zero attached hydrogens (tertiary/aromatic N) is 2. The van der Waals surface area contributed by atoms with Crippen LogP contribution < -0.4 is 0 Å². The molecule has 1 aromatic heterocycles. The number of H-pyrrole nitrogens is 1. The molecule has 2 aromatic carbocycles. The summed E-state index contributed by atoms with van der Waals surface area (Å²) >= 11 is 5.39. The van der Waals surface area contributed by atoms with Gasteiger partial charge in [-0.05, 0) is 29.9 Å². The number of rotatable bonds is 3. The Morgan fingerprint density at radius 1 is 1.05 bits per heavy atom. The molecule has 0 aliphatic rings. The third-order valence-electron chi connectivity index (χ3n) is 3.32. The van der Waals surface area contributed by atoms with Gasteiger partial charge in [-0.2, -0.15) is 5.26 Å². The molecule has 0 spiro atoms. The van der Waals surface area contributed by atoms with Crippen LogP contribution in [0.25, 0.3) is 16.9 Å². The summed E-state index contributed by atoms with van der Waals surface area (Å²) in [6.07, 6.45) is 2.34. The fourth-order valence-electron chi connectivity index (χ4n) is 2.30. The van der Waals surface area contributed by atoms with Gasteiger partial charge in [-0.25, -0.2) is 0 Å². The SMILES string of the molecule is N#CCc1ccc(-n2c(-c3ccccc3)c[nH]c2=S)cc1. The van der Waals surface area contributed by atoms with E-state index in [0.717, 1.165) is 22.5 Å². The summed E-state index contributed by atoms with van der Waals surface area (Å²) in [5, 5.41) is 8.73. The lowest BCUT2D eigenvalue weighted by Gasteiger charge is -2.09. The lowest BCUT2D eigenvalue weighted by molar-refractivity contribution is 1.03. The molecule has 3 rings (SSSR count). The first-order valence-electron chi connectivity index (χ1n) is 6.62. The van der Waals surface area contributed by atoms with Crippen LogP contribution >= 0.6 is 12.2 Å². The van der Waals surface area contributed by atoms with Crippen LogP contribution in [0.2, 0.25) is 0 Å². The molecule has 0 bridgehead atoms. The average molecular weight is 291 g/mol. The molecule has 0 fully saturated rings. The predicted molar refractivity (Wildman–Crippen MR) is 85.7 cm³/mol. The largest absolute Gasteiger partial charge is 0.336 e. The Morgan fingerprint density at radius 3 is 2.43 bits per heavy atom. The lowest BCUT2D eigenvalue weighted by atomic mass is 10.1. The highest BCUT2D eigenvalue weighted by Gasteiger charge is 2.08. The molecule has 3 nitrogen and oxygen atoms in total. The zero-order chi connectivity index (χ0) is 14.7. The molecule has 0 saturated carbocycles. The van der Waals surface area contributed by atoms with Crippen molar-refractivity contribution in [1.29, 1.82) is 5.26 Å². The number of aromatic amines is 1. The fourth-order valence-corrected chi connectivity index (χ4v) is 2.56. The van der Waals surface area contributed by atoms with Crippen molar-refractivity contribution in [3.8, 4) is 23.0 Å². The molecule has 1 heterocycles. The van der Waals surface area contributed by atoms with Gasteiger partial charge in [-0.3, -0.25) is 4.57 Å². The van der Waals surface area contributed by atoms with E-state index in [4.69, 9.17) is 17.5 Å². The third kappa shape index (κ3) is 2.64. The minimum Gasteiger partial charge on any atom is -0.336 e. The van der Waals surface area contributed by atoms with E-state index in [9.17, 15) is 0 Å². The topological polar surface area (TPSA) is 44.5 Å². The first kappa shape index (κ1) is 13.3. The van der Waals surface area contributed by atoms with E-state index in [-0.39, 0.29) is 0 Å². The Balaban J connectivity index is 2.09. The number of imidazole rings is 1. The lowest BCUT2D eigenvalue weighted by Crippen LogP contribution is -1.97. The monoisotopic (exact) mass is 291 g/mol. The molecule has 0 unspecified atom stereocenters. The van der Waals surface area contributed by atoms with E-state index in [1.165, 1.54) is 0 Å². The van der Waals surface area contributed by atoms with Gasteiger partial charge >= 0.3 is 0 Å². The summed E-state index contributed by atoms with van der Waals surface area (Å²) in [6, 6.07) is 20.2. The van der Waals surface area contributed by atoms with Gasteiger partial charge in [0, 0.05) is 17.4 Å². The average Bonchev–Trinajstić information content (AvgIpc) is 2.91. The van der Waals surface area contributed by atoms with Crippen LogP contribution in [-0.2, 0) is 6.42 Å². The summed E-state index contributed by atoms with van der Waals surface area (Å²) < 4.78 is 2.66. The Bertz CT molecular complexity index is 836. The first-order chi connectivity index (χ1) is 10.3. The number of aromatic nitrogens is 2. The van der Waals surface area contributed by atoms with Crippen molar-refractivity contribution in [3.63, 3.8) is 0 Å². The van der Waals surface area contributed by atoms with Gasteiger partial charge in [0.2, 0.25) is 0 Å². The Kier molecular flexibility index (Phi) is 3.67. The van der Waals surface area contributed by atoms with Crippen LogP contribution in [0, 0.1) is 16.1 Å². The van der Waals surface area contributed by atoms with Crippen LogP contribution in [0.1, 0.15) is 5.56 Å². The standard InChI is InChI=1S/C17H13N3S/c18-11-10-13-6-8-15(9-7-13)20-16(12-19-17(20)21)14-4-2-1-3-5-14/h1-9,12H,10H2,(H,19,21). The van der Waals surface area contributed by atoms with Crippen molar-refractivity contribution in [2.75, 3.05) is 0 Å². The van der Waals surface area contributed by atoms with Gasteiger partial charge in [0.25, 0.3) is 0 Å². The van der Waals surface area contributed by atoms with E-state index in [2.05, 4.69) is 23.2 Å². The highest BCUT2D eigenvalue weighted by Crippen LogP contribution is 2.23. The number of hydrogen-bond donors (Lipinski definition) is 1. The molecule has 0 atom stereocenters. The van der Waals surface area contributed by atoms with Crippen LogP contribution in [0.5, 0.6) is 0 Å². The molecule has 0 aliphatic heterocycles. The van der Waals surface area contributed by atoms with Gasteiger partial charge in [-0.1, -0.05) is 42.5 Å². The minimum absolute atomic E-state index is 0.421. The van der Waals surface area contributed by atoms with Gasteiger partial charge in [0.1, 0.15) is 0 Å². The second-order valence-electron chi connectivity index (χ2n) is 4.68. The highest BCUT2D eigenvalue weighted by molar-refractivity contribution is 7.71. The van der Waals surface area contributed by atoms with Crippen molar-refractivity contribution >= 4 is 12.2 Å². The zero-order valence-corrected chi connectivity index (χ0v) is 12.1.